The van der Waals surface area contributed by atoms with Gasteiger partial charge in [0, 0.05) is 6.08 Å². The number of hydrogen-bond acceptors (Lipinski definition) is 1. The highest BCUT2D eigenvalue weighted by molar-refractivity contribution is 5.64. The highest BCUT2D eigenvalue weighted by Gasteiger charge is 1.88. The van der Waals surface area contributed by atoms with Crippen molar-refractivity contribution in [2.24, 2.45) is 0 Å². The lowest BCUT2D eigenvalue weighted by atomic mass is 10.1. The fraction of sp³-hybridized carbons (Fsp3) is 0.692. The summed E-state index contributed by atoms with van der Waals surface area (Å²) in [6.07, 6.45) is 14.5. The van der Waals surface area contributed by atoms with Crippen molar-refractivity contribution in [3.63, 3.8) is 0 Å². The van der Waals surface area contributed by atoms with Crippen LogP contribution in [0.4, 0.5) is 0 Å². The average molecular weight is 194 g/mol. The molecule has 0 fully saturated rings. The molecule has 0 unspecified atom stereocenters. The second-order valence-corrected chi connectivity index (χ2v) is 3.58. The molecule has 0 aromatic heterocycles. The van der Waals surface area contributed by atoms with Crippen LogP contribution in [0.3, 0.4) is 0 Å². The molecule has 80 valence electrons. The minimum Gasteiger partial charge on any atom is -0.298 e. The summed E-state index contributed by atoms with van der Waals surface area (Å²) in [4.78, 5) is 9.90. The first-order valence-electron chi connectivity index (χ1n) is 5.76. The highest BCUT2D eigenvalue weighted by atomic mass is 16.1. The molecule has 0 spiro atoms. The quantitative estimate of drug-likeness (QED) is 0.234. The number of hydrogen-bond donors (Lipinski definition) is 0. The minimum absolute atomic E-state index is 0.765. The number of rotatable bonds is 9. The van der Waals surface area contributed by atoms with Gasteiger partial charge < -0.3 is 0 Å². The summed E-state index contributed by atoms with van der Waals surface area (Å²) in [5, 5.41) is 0. The van der Waals surface area contributed by atoms with E-state index in [-0.39, 0.29) is 0 Å². The molecule has 0 saturated carbocycles. The number of allylic oxidation sites excluding steroid dienone is 1. The van der Waals surface area contributed by atoms with E-state index in [0.29, 0.717) is 0 Å². The Labute approximate surface area is 87.9 Å². The maximum Gasteiger partial charge on any atom is 0.150 e. The van der Waals surface area contributed by atoms with Gasteiger partial charge in [-0.2, -0.15) is 0 Å². The summed E-state index contributed by atoms with van der Waals surface area (Å²) in [6, 6.07) is 0. The average Bonchev–Trinajstić information content (AvgIpc) is 2.21. The van der Waals surface area contributed by atoms with Gasteiger partial charge in [0.1, 0.15) is 0 Å². The van der Waals surface area contributed by atoms with Gasteiger partial charge >= 0.3 is 0 Å². The van der Waals surface area contributed by atoms with Gasteiger partial charge in [0.05, 0.1) is 0 Å². The van der Waals surface area contributed by atoms with E-state index in [1.54, 1.807) is 0 Å². The zero-order valence-corrected chi connectivity index (χ0v) is 9.30. The molecule has 0 heterocycles. The van der Waals surface area contributed by atoms with Crippen LogP contribution in [0, 0.1) is 0 Å². The molecule has 0 amide bonds. The molecule has 0 saturated heterocycles. The van der Waals surface area contributed by atoms with Crippen LogP contribution in [-0.2, 0) is 4.79 Å². The zero-order chi connectivity index (χ0) is 10.5. The molecule has 0 aromatic rings. The Hall–Kier alpha value is -0.810. The lowest BCUT2D eigenvalue weighted by molar-refractivity contribution is -0.104. The van der Waals surface area contributed by atoms with Crippen LogP contribution in [0.5, 0.6) is 0 Å². The second kappa shape index (κ2) is 12.2. The first-order chi connectivity index (χ1) is 6.91. The molecule has 1 heteroatoms. The largest absolute Gasteiger partial charge is 0.298 e. The van der Waals surface area contributed by atoms with Crippen LogP contribution in [0.2, 0.25) is 0 Å². The van der Waals surface area contributed by atoms with Gasteiger partial charge in [0.25, 0.3) is 0 Å². The molecule has 0 N–H and O–H groups in total. The van der Waals surface area contributed by atoms with E-state index in [4.69, 9.17) is 0 Å². The third kappa shape index (κ3) is 11.2. The molecule has 0 aliphatic rings. The van der Waals surface area contributed by atoms with Crippen molar-refractivity contribution in [2.75, 3.05) is 0 Å². The predicted molar refractivity (Wildman–Crippen MR) is 61.3 cm³/mol. The molecule has 0 radical (unpaired) electrons. The molecule has 14 heavy (non-hydrogen) atoms. The molecule has 0 rings (SSSR count). The Morgan fingerprint density at radius 3 is 2.29 bits per heavy atom. The van der Waals surface area contributed by atoms with Crippen LogP contribution < -0.4 is 0 Å². The fourth-order valence-corrected chi connectivity index (χ4v) is 1.39. The summed E-state index contributed by atoms with van der Waals surface area (Å²) < 4.78 is 0. The van der Waals surface area contributed by atoms with Gasteiger partial charge in [0.15, 0.2) is 6.29 Å². The van der Waals surface area contributed by atoms with E-state index in [1.165, 1.54) is 51.0 Å². The SMILES string of the molecule is CCCCCCCCCC=C=CC=O. The third-order valence-corrected chi connectivity index (χ3v) is 2.23. The molecule has 0 aromatic carbocycles. The van der Waals surface area contributed by atoms with Crippen molar-refractivity contribution < 1.29 is 4.79 Å². The van der Waals surface area contributed by atoms with Gasteiger partial charge in [-0.15, -0.1) is 5.73 Å². The Balaban J connectivity index is 3.06. The molecule has 0 aliphatic heterocycles. The van der Waals surface area contributed by atoms with Crippen molar-refractivity contribution in [1.82, 2.24) is 0 Å². The maximum absolute atomic E-state index is 9.90. The number of carbonyl (C=O) groups is 1. The Kier molecular flexibility index (Phi) is 11.5. The standard InChI is InChI=1S/C13H22O/c1-2-3-4-5-6-7-8-9-10-11-12-13-14/h10,12-13H,2-9H2,1H3. The highest BCUT2D eigenvalue weighted by Crippen LogP contribution is 2.08. The summed E-state index contributed by atoms with van der Waals surface area (Å²) >= 11 is 0. The van der Waals surface area contributed by atoms with Crippen LogP contribution in [0.15, 0.2) is 17.9 Å². The molecular weight excluding hydrogens is 172 g/mol. The summed E-state index contributed by atoms with van der Waals surface area (Å²) in [7, 11) is 0. The lowest BCUT2D eigenvalue weighted by Crippen LogP contribution is -1.78. The van der Waals surface area contributed by atoms with Gasteiger partial charge in [-0.25, -0.2) is 0 Å². The zero-order valence-electron chi connectivity index (χ0n) is 9.30. The van der Waals surface area contributed by atoms with E-state index >= 15 is 0 Å². The van der Waals surface area contributed by atoms with Crippen LogP contribution in [0.1, 0.15) is 58.3 Å². The van der Waals surface area contributed by atoms with Crippen molar-refractivity contribution >= 4 is 6.29 Å². The van der Waals surface area contributed by atoms with Crippen LogP contribution in [-0.4, -0.2) is 6.29 Å². The first-order valence-corrected chi connectivity index (χ1v) is 5.76. The van der Waals surface area contributed by atoms with Gasteiger partial charge in [-0.1, -0.05) is 45.4 Å². The van der Waals surface area contributed by atoms with E-state index in [9.17, 15) is 4.79 Å². The monoisotopic (exact) mass is 194 g/mol. The Bertz CT molecular complexity index is 176. The van der Waals surface area contributed by atoms with Crippen LogP contribution in [0.25, 0.3) is 0 Å². The van der Waals surface area contributed by atoms with Gasteiger partial charge in [0.2, 0.25) is 0 Å². The maximum atomic E-state index is 9.90. The molecule has 0 bridgehead atoms. The predicted octanol–water partition coefficient (Wildman–Crippen LogP) is 4.04. The van der Waals surface area contributed by atoms with Crippen LogP contribution >= 0.6 is 0 Å². The lowest BCUT2D eigenvalue weighted by Gasteiger charge is -1.98. The van der Waals surface area contributed by atoms with Crippen molar-refractivity contribution in [3.8, 4) is 0 Å². The number of carbonyl (C=O) groups excluding carboxylic acids is 1. The molecule has 1 nitrogen and oxygen atoms in total. The van der Waals surface area contributed by atoms with E-state index in [1.807, 2.05) is 6.08 Å². The fourth-order valence-electron chi connectivity index (χ4n) is 1.39. The minimum atomic E-state index is 0.765. The van der Waals surface area contributed by atoms with E-state index in [0.717, 1.165) is 12.7 Å². The normalized spacial score (nSPS) is 9.21. The van der Waals surface area contributed by atoms with Crippen molar-refractivity contribution in [1.29, 1.82) is 0 Å². The smallest absolute Gasteiger partial charge is 0.150 e. The van der Waals surface area contributed by atoms with Crippen molar-refractivity contribution in [3.05, 3.63) is 17.9 Å². The first kappa shape index (κ1) is 13.2. The van der Waals surface area contributed by atoms with E-state index in [2.05, 4.69) is 12.7 Å². The number of aldehydes is 1. The third-order valence-electron chi connectivity index (χ3n) is 2.23. The number of unbranched alkanes of at least 4 members (excludes halogenated alkanes) is 7. The van der Waals surface area contributed by atoms with Gasteiger partial charge in [-0.3, -0.25) is 4.79 Å². The molecular formula is C13H22O. The Morgan fingerprint density at radius 1 is 1.00 bits per heavy atom. The Morgan fingerprint density at radius 2 is 1.64 bits per heavy atom. The van der Waals surface area contributed by atoms with E-state index < -0.39 is 0 Å². The van der Waals surface area contributed by atoms with Crippen molar-refractivity contribution in [2.45, 2.75) is 58.3 Å². The molecule has 0 aliphatic carbocycles. The van der Waals surface area contributed by atoms with Gasteiger partial charge in [-0.05, 0) is 18.9 Å². The molecule has 0 atom stereocenters. The summed E-state index contributed by atoms with van der Waals surface area (Å²) in [5.41, 5.74) is 2.83. The summed E-state index contributed by atoms with van der Waals surface area (Å²) in [5.74, 6) is 0. The topological polar surface area (TPSA) is 17.1 Å². The summed E-state index contributed by atoms with van der Waals surface area (Å²) in [6.45, 7) is 2.24. The second-order valence-electron chi connectivity index (χ2n) is 3.58.